The van der Waals surface area contributed by atoms with Gasteiger partial charge in [-0.05, 0) is 42.8 Å². The van der Waals surface area contributed by atoms with Gasteiger partial charge in [0.05, 0.1) is 16.7 Å². The van der Waals surface area contributed by atoms with Crippen LogP contribution >= 0.6 is 0 Å². The number of benzene rings is 2. The van der Waals surface area contributed by atoms with Gasteiger partial charge in [0.1, 0.15) is 5.82 Å². The van der Waals surface area contributed by atoms with Crippen molar-refractivity contribution < 1.29 is 0 Å². The van der Waals surface area contributed by atoms with E-state index in [2.05, 4.69) is 49.8 Å². The van der Waals surface area contributed by atoms with E-state index in [4.69, 9.17) is 0 Å². The highest BCUT2D eigenvalue weighted by Crippen LogP contribution is 2.21. The summed E-state index contributed by atoms with van der Waals surface area (Å²) >= 11 is 0. The van der Waals surface area contributed by atoms with Gasteiger partial charge in [-0.25, -0.2) is 4.98 Å². The fourth-order valence-corrected chi connectivity index (χ4v) is 2.40. The van der Waals surface area contributed by atoms with Gasteiger partial charge in [-0.2, -0.15) is 0 Å². The minimum Gasteiger partial charge on any atom is -0.378 e. The van der Waals surface area contributed by atoms with Crippen molar-refractivity contribution in [1.82, 2.24) is 9.55 Å². The Labute approximate surface area is 130 Å². The lowest BCUT2D eigenvalue weighted by atomic mass is 10.2. The van der Waals surface area contributed by atoms with E-state index in [1.54, 1.807) is 0 Å². The van der Waals surface area contributed by atoms with Gasteiger partial charge in [0, 0.05) is 33.0 Å². The highest BCUT2D eigenvalue weighted by Gasteiger charge is 2.04. The molecule has 4 heteroatoms. The number of aliphatic imine (C=N–C) groups is 1. The third-order valence-corrected chi connectivity index (χ3v) is 3.86. The molecule has 0 N–H and O–H groups in total. The number of anilines is 1. The number of rotatable bonds is 3. The van der Waals surface area contributed by atoms with E-state index in [9.17, 15) is 0 Å². The maximum Gasteiger partial charge on any atom is 0.106 e. The van der Waals surface area contributed by atoms with Crippen molar-refractivity contribution in [2.24, 2.45) is 12.0 Å². The number of imidazole rings is 1. The van der Waals surface area contributed by atoms with Crippen molar-refractivity contribution in [2.75, 3.05) is 19.0 Å². The van der Waals surface area contributed by atoms with E-state index in [1.165, 1.54) is 5.69 Å². The van der Waals surface area contributed by atoms with Gasteiger partial charge in [0.15, 0.2) is 0 Å². The molecule has 0 saturated carbocycles. The third-order valence-electron chi connectivity index (χ3n) is 3.86. The minimum atomic E-state index is 0.919. The number of nitrogens with zero attached hydrogens (tertiary/aromatic N) is 4. The van der Waals surface area contributed by atoms with Crippen molar-refractivity contribution in [3.63, 3.8) is 0 Å². The van der Waals surface area contributed by atoms with Crippen molar-refractivity contribution in [1.29, 1.82) is 0 Å². The van der Waals surface area contributed by atoms with Gasteiger partial charge in [0.2, 0.25) is 0 Å². The summed E-state index contributed by atoms with van der Waals surface area (Å²) in [6.45, 7) is 2.01. The first-order chi connectivity index (χ1) is 10.5. The first kappa shape index (κ1) is 14.3. The van der Waals surface area contributed by atoms with Crippen LogP contribution in [0, 0.1) is 6.92 Å². The quantitative estimate of drug-likeness (QED) is 0.690. The molecule has 0 spiro atoms. The molecule has 0 amide bonds. The standard InChI is InChI=1S/C18H20N4/c1-13-20-17-11-15(7-10-18(17)22(13)4)19-12-14-5-8-16(9-6-14)21(2)3/h5-12H,1-4H3. The molecule has 2 aromatic carbocycles. The Hall–Kier alpha value is -2.62. The average molecular weight is 292 g/mol. The zero-order chi connectivity index (χ0) is 15.7. The Kier molecular flexibility index (Phi) is 3.67. The van der Waals surface area contributed by atoms with Crippen molar-refractivity contribution in [3.05, 3.63) is 53.9 Å². The van der Waals surface area contributed by atoms with Gasteiger partial charge in [-0.1, -0.05) is 12.1 Å². The minimum absolute atomic E-state index is 0.919. The van der Waals surface area contributed by atoms with E-state index in [0.29, 0.717) is 0 Å². The van der Waals surface area contributed by atoms with E-state index in [-0.39, 0.29) is 0 Å². The SMILES string of the molecule is Cc1nc2cc(N=Cc3ccc(N(C)C)cc3)ccc2n1C. The molecule has 0 aliphatic heterocycles. The second-order valence-corrected chi connectivity index (χ2v) is 5.64. The first-order valence-corrected chi connectivity index (χ1v) is 7.29. The van der Waals surface area contributed by atoms with Gasteiger partial charge in [-0.15, -0.1) is 0 Å². The second kappa shape index (κ2) is 5.64. The van der Waals surface area contributed by atoms with Crippen molar-refractivity contribution in [3.8, 4) is 0 Å². The summed E-state index contributed by atoms with van der Waals surface area (Å²) in [5.74, 6) is 1.01. The molecule has 112 valence electrons. The summed E-state index contributed by atoms with van der Waals surface area (Å²) in [7, 11) is 6.10. The third kappa shape index (κ3) is 2.72. The Morgan fingerprint density at radius 3 is 2.50 bits per heavy atom. The van der Waals surface area contributed by atoms with E-state index in [1.807, 2.05) is 46.4 Å². The molecule has 3 aromatic rings. The first-order valence-electron chi connectivity index (χ1n) is 7.29. The molecule has 1 heterocycles. The predicted octanol–water partition coefficient (Wildman–Crippen LogP) is 3.70. The van der Waals surface area contributed by atoms with Crippen LogP contribution in [-0.2, 0) is 7.05 Å². The van der Waals surface area contributed by atoms with Gasteiger partial charge in [0.25, 0.3) is 0 Å². The normalized spacial score (nSPS) is 11.5. The van der Waals surface area contributed by atoms with Crippen LogP contribution in [0.3, 0.4) is 0 Å². The highest BCUT2D eigenvalue weighted by molar-refractivity contribution is 5.85. The fourth-order valence-electron chi connectivity index (χ4n) is 2.40. The molecule has 1 aromatic heterocycles. The van der Waals surface area contributed by atoms with E-state index >= 15 is 0 Å². The Bertz CT molecular complexity index is 826. The zero-order valence-electron chi connectivity index (χ0n) is 13.4. The Balaban J connectivity index is 1.85. The van der Waals surface area contributed by atoms with Crippen molar-refractivity contribution in [2.45, 2.75) is 6.92 Å². The molecule has 0 radical (unpaired) electrons. The number of aryl methyl sites for hydroxylation is 2. The predicted molar refractivity (Wildman–Crippen MR) is 93.5 cm³/mol. The van der Waals surface area contributed by atoms with Crippen LogP contribution in [0.2, 0.25) is 0 Å². The maximum atomic E-state index is 4.55. The maximum absolute atomic E-state index is 4.55. The molecule has 0 aliphatic carbocycles. The topological polar surface area (TPSA) is 33.4 Å². The molecule has 0 unspecified atom stereocenters. The molecule has 0 fully saturated rings. The van der Waals surface area contributed by atoms with Crippen molar-refractivity contribution >= 4 is 28.6 Å². The summed E-state index contributed by atoms with van der Waals surface area (Å²) in [6, 6.07) is 14.4. The van der Waals surface area contributed by atoms with Crippen LogP contribution < -0.4 is 4.90 Å². The molecule has 0 bridgehead atoms. The number of hydrogen-bond acceptors (Lipinski definition) is 3. The van der Waals surface area contributed by atoms with Gasteiger partial charge >= 0.3 is 0 Å². The van der Waals surface area contributed by atoms with Crippen LogP contribution in [-0.4, -0.2) is 29.9 Å². The number of hydrogen-bond donors (Lipinski definition) is 0. The summed E-state index contributed by atoms with van der Waals surface area (Å²) in [5, 5.41) is 0. The Morgan fingerprint density at radius 2 is 1.82 bits per heavy atom. The molecule has 22 heavy (non-hydrogen) atoms. The average Bonchev–Trinajstić information content (AvgIpc) is 2.80. The van der Waals surface area contributed by atoms with Gasteiger partial charge in [-0.3, -0.25) is 4.99 Å². The Morgan fingerprint density at radius 1 is 1.09 bits per heavy atom. The smallest absolute Gasteiger partial charge is 0.106 e. The zero-order valence-corrected chi connectivity index (χ0v) is 13.4. The number of fused-ring (bicyclic) bond motifs is 1. The number of aromatic nitrogens is 2. The van der Waals surface area contributed by atoms with Gasteiger partial charge < -0.3 is 9.47 Å². The van der Waals surface area contributed by atoms with Crippen LogP contribution in [0.15, 0.2) is 47.5 Å². The summed E-state index contributed by atoms with van der Waals surface area (Å²) in [6.07, 6.45) is 1.89. The molecule has 0 aliphatic rings. The van der Waals surface area contributed by atoms with Crippen LogP contribution in [0.1, 0.15) is 11.4 Å². The molecule has 3 rings (SSSR count). The summed E-state index contributed by atoms with van der Waals surface area (Å²) in [5.41, 5.74) is 5.30. The fraction of sp³-hybridized carbons (Fsp3) is 0.222. The molecule has 0 saturated heterocycles. The molecular weight excluding hydrogens is 272 g/mol. The second-order valence-electron chi connectivity index (χ2n) is 5.64. The molecule has 0 atom stereocenters. The molecular formula is C18H20N4. The summed E-state index contributed by atoms with van der Waals surface area (Å²) < 4.78 is 2.09. The van der Waals surface area contributed by atoms with E-state index in [0.717, 1.165) is 28.1 Å². The lowest BCUT2D eigenvalue weighted by Crippen LogP contribution is -2.08. The van der Waals surface area contributed by atoms with Crippen LogP contribution in [0.5, 0.6) is 0 Å². The molecule has 4 nitrogen and oxygen atoms in total. The monoisotopic (exact) mass is 292 g/mol. The van der Waals surface area contributed by atoms with E-state index < -0.39 is 0 Å². The van der Waals surface area contributed by atoms with Crippen LogP contribution in [0.25, 0.3) is 11.0 Å². The largest absolute Gasteiger partial charge is 0.378 e. The lowest BCUT2D eigenvalue weighted by molar-refractivity contribution is 0.886. The van der Waals surface area contributed by atoms with Crippen LogP contribution in [0.4, 0.5) is 11.4 Å². The summed E-state index contributed by atoms with van der Waals surface area (Å²) in [4.78, 5) is 11.2. The highest BCUT2D eigenvalue weighted by atomic mass is 15.1. The lowest BCUT2D eigenvalue weighted by Gasteiger charge is -2.11.